The lowest BCUT2D eigenvalue weighted by Crippen LogP contribution is -2.26. The molecule has 0 radical (unpaired) electrons. The predicted molar refractivity (Wildman–Crippen MR) is 114 cm³/mol. The summed E-state index contributed by atoms with van der Waals surface area (Å²) in [5, 5.41) is 9.62. The molecule has 10 heteroatoms. The number of rotatable bonds is 8. The Balaban J connectivity index is 1.54. The zero-order chi connectivity index (χ0) is 21.3. The molecular weight excluding hydrogens is 406 g/mol. The van der Waals surface area contributed by atoms with Gasteiger partial charge in [0.1, 0.15) is 12.4 Å². The Kier molecular flexibility index (Phi) is 7.17. The summed E-state index contributed by atoms with van der Waals surface area (Å²) < 4.78 is 5.87. The standard InChI is InChI=1S/C20H19N5O4S/c1-13-6-8-14(9-7-13)11-29-16-5-3-2-4-15(16)10-21-23-17(26)12-30-19-18(27)22-20(28)25-24-19/h2-10H,11-12H2,1H3,(H,23,26)(H2,22,25,27,28)/b21-10+. The van der Waals surface area contributed by atoms with Crippen molar-refractivity contribution in [2.45, 2.75) is 18.6 Å². The second-order valence-electron chi connectivity index (χ2n) is 6.21. The van der Waals surface area contributed by atoms with Crippen LogP contribution in [0.2, 0.25) is 0 Å². The summed E-state index contributed by atoms with van der Waals surface area (Å²) in [5.41, 5.74) is 3.95. The average Bonchev–Trinajstić information content (AvgIpc) is 2.73. The van der Waals surface area contributed by atoms with Crippen molar-refractivity contribution in [2.75, 3.05) is 5.75 Å². The van der Waals surface area contributed by atoms with E-state index >= 15 is 0 Å². The largest absolute Gasteiger partial charge is 0.488 e. The Bertz CT molecular complexity index is 1150. The topological polar surface area (TPSA) is 129 Å². The summed E-state index contributed by atoms with van der Waals surface area (Å²) in [7, 11) is 0. The van der Waals surface area contributed by atoms with Crippen molar-refractivity contribution in [3.8, 4) is 5.75 Å². The van der Waals surface area contributed by atoms with Gasteiger partial charge in [0.05, 0.1) is 12.0 Å². The summed E-state index contributed by atoms with van der Waals surface area (Å²) in [6.07, 6.45) is 1.48. The molecule has 1 aromatic heterocycles. The van der Waals surface area contributed by atoms with Crippen molar-refractivity contribution in [3.63, 3.8) is 0 Å². The van der Waals surface area contributed by atoms with E-state index in [9.17, 15) is 14.4 Å². The van der Waals surface area contributed by atoms with Crippen molar-refractivity contribution in [3.05, 3.63) is 86.1 Å². The molecule has 0 atom stereocenters. The van der Waals surface area contributed by atoms with Crippen LogP contribution in [0.3, 0.4) is 0 Å². The van der Waals surface area contributed by atoms with Crippen molar-refractivity contribution in [2.24, 2.45) is 5.10 Å². The number of aromatic nitrogens is 3. The van der Waals surface area contributed by atoms with Crippen LogP contribution in [0, 0.1) is 6.92 Å². The predicted octanol–water partition coefficient (Wildman–Crippen LogP) is 1.59. The maximum Gasteiger partial charge on any atom is 0.342 e. The minimum absolute atomic E-state index is 0.0106. The molecule has 0 aliphatic rings. The van der Waals surface area contributed by atoms with Crippen LogP contribution < -0.4 is 21.4 Å². The minimum atomic E-state index is -0.707. The van der Waals surface area contributed by atoms with Gasteiger partial charge in [0.2, 0.25) is 5.91 Å². The molecule has 1 amide bonds. The quantitative estimate of drug-likeness (QED) is 0.286. The Morgan fingerprint density at radius 1 is 1.20 bits per heavy atom. The van der Waals surface area contributed by atoms with Crippen LogP contribution in [0.5, 0.6) is 5.75 Å². The number of H-pyrrole nitrogens is 2. The molecular formula is C20H19N5O4S. The highest BCUT2D eigenvalue weighted by molar-refractivity contribution is 7.99. The van der Waals surface area contributed by atoms with Crippen LogP contribution in [-0.2, 0) is 11.4 Å². The molecule has 2 aromatic carbocycles. The van der Waals surface area contributed by atoms with Crippen LogP contribution >= 0.6 is 11.8 Å². The van der Waals surface area contributed by atoms with Crippen LogP contribution in [0.25, 0.3) is 0 Å². The fourth-order valence-electron chi connectivity index (χ4n) is 2.34. The molecule has 0 bridgehead atoms. The molecule has 0 unspecified atom stereocenters. The molecule has 154 valence electrons. The van der Waals surface area contributed by atoms with Gasteiger partial charge in [0, 0.05) is 5.56 Å². The molecule has 3 N–H and O–H groups in total. The molecule has 30 heavy (non-hydrogen) atoms. The number of ether oxygens (including phenoxy) is 1. The summed E-state index contributed by atoms with van der Waals surface area (Å²) >= 11 is 0.884. The first-order valence-corrected chi connectivity index (χ1v) is 9.91. The van der Waals surface area contributed by atoms with E-state index in [2.05, 4.69) is 20.7 Å². The number of thioether (sulfide) groups is 1. The van der Waals surface area contributed by atoms with E-state index in [1.807, 2.05) is 60.4 Å². The zero-order valence-electron chi connectivity index (χ0n) is 16.0. The fourth-order valence-corrected chi connectivity index (χ4v) is 2.96. The minimum Gasteiger partial charge on any atom is -0.488 e. The Morgan fingerprint density at radius 2 is 1.97 bits per heavy atom. The van der Waals surface area contributed by atoms with Crippen molar-refractivity contribution >= 4 is 23.9 Å². The summed E-state index contributed by atoms with van der Waals surface area (Å²) in [5.74, 6) is 0.113. The van der Waals surface area contributed by atoms with E-state index in [-0.39, 0.29) is 10.8 Å². The highest BCUT2D eigenvalue weighted by Crippen LogP contribution is 2.18. The van der Waals surface area contributed by atoms with Crippen LogP contribution in [0.1, 0.15) is 16.7 Å². The molecule has 0 aliphatic carbocycles. The van der Waals surface area contributed by atoms with Gasteiger partial charge in [-0.25, -0.2) is 15.3 Å². The molecule has 0 fully saturated rings. The second kappa shape index (κ2) is 10.2. The SMILES string of the molecule is Cc1ccc(COc2ccccc2/C=N/NC(=O)CSc2n[nH]c(=O)[nH]c2=O)cc1. The summed E-state index contributed by atoms with van der Waals surface area (Å²) in [4.78, 5) is 36.4. The highest BCUT2D eigenvalue weighted by Gasteiger charge is 2.07. The molecule has 0 saturated carbocycles. The average molecular weight is 425 g/mol. The van der Waals surface area contributed by atoms with Gasteiger partial charge in [0.25, 0.3) is 5.56 Å². The molecule has 0 spiro atoms. The molecule has 0 aliphatic heterocycles. The van der Waals surface area contributed by atoms with Crippen LogP contribution in [0.4, 0.5) is 0 Å². The zero-order valence-corrected chi connectivity index (χ0v) is 16.9. The van der Waals surface area contributed by atoms with Crippen LogP contribution in [0.15, 0.2) is 68.2 Å². The van der Waals surface area contributed by atoms with Gasteiger partial charge >= 0.3 is 5.69 Å². The molecule has 3 rings (SSSR count). The van der Waals surface area contributed by atoms with E-state index in [1.54, 1.807) is 0 Å². The number of carbonyl (C=O) groups excluding carboxylic acids is 1. The lowest BCUT2D eigenvalue weighted by molar-refractivity contribution is -0.118. The number of aromatic amines is 2. The summed E-state index contributed by atoms with van der Waals surface area (Å²) in [6.45, 7) is 2.44. The van der Waals surface area contributed by atoms with E-state index in [0.717, 1.165) is 17.3 Å². The number of benzene rings is 2. The number of hydrogen-bond donors (Lipinski definition) is 3. The fraction of sp³-hybridized carbons (Fsp3) is 0.150. The molecule has 1 heterocycles. The number of aryl methyl sites for hydroxylation is 1. The van der Waals surface area contributed by atoms with E-state index < -0.39 is 17.2 Å². The maximum absolute atomic E-state index is 11.9. The maximum atomic E-state index is 11.9. The monoisotopic (exact) mass is 425 g/mol. The van der Waals surface area contributed by atoms with E-state index in [1.165, 1.54) is 11.8 Å². The second-order valence-corrected chi connectivity index (χ2v) is 7.17. The van der Waals surface area contributed by atoms with Gasteiger partial charge in [-0.05, 0) is 24.6 Å². The van der Waals surface area contributed by atoms with Crippen molar-refractivity contribution < 1.29 is 9.53 Å². The third kappa shape index (κ3) is 6.17. The van der Waals surface area contributed by atoms with Crippen LogP contribution in [-0.4, -0.2) is 33.1 Å². The van der Waals surface area contributed by atoms with Gasteiger partial charge in [0.15, 0.2) is 5.03 Å². The Labute approximate surface area is 175 Å². The van der Waals surface area contributed by atoms with Gasteiger partial charge < -0.3 is 4.74 Å². The Hall–Kier alpha value is -3.66. The lowest BCUT2D eigenvalue weighted by Gasteiger charge is -2.09. The normalized spacial score (nSPS) is 10.8. The number of hydrogen-bond acceptors (Lipinski definition) is 7. The number of para-hydroxylation sites is 1. The third-order valence-electron chi connectivity index (χ3n) is 3.85. The van der Waals surface area contributed by atoms with Crippen molar-refractivity contribution in [1.82, 2.24) is 20.6 Å². The van der Waals surface area contributed by atoms with Gasteiger partial charge in [-0.15, -0.1) is 0 Å². The number of nitrogens with one attached hydrogen (secondary N) is 3. The number of hydrazone groups is 1. The first-order valence-electron chi connectivity index (χ1n) is 8.92. The number of carbonyl (C=O) groups is 1. The number of nitrogens with zero attached hydrogens (tertiary/aromatic N) is 2. The van der Waals surface area contributed by atoms with Gasteiger partial charge in [-0.2, -0.15) is 10.2 Å². The Morgan fingerprint density at radius 3 is 2.73 bits per heavy atom. The first-order chi connectivity index (χ1) is 14.5. The first kappa shape index (κ1) is 21.1. The van der Waals surface area contributed by atoms with E-state index in [4.69, 9.17) is 4.74 Å². The third-order valence-corrected chi connectivity index (χ3v) is 4.80. The van der Waals surface area contributed by atoms with Crippen molar-refractivity contribution in [1.29, 1.82) is 0 Å². The highest BCUT2D eigenvalue weighted by atomic mass is 32.2. The molecule has 0 saturated heterocycles. The van der Waals surface area contributed by atoms with Gasteiger partial charge in [-0.1, -0.05) is 53.7 Å². The smallest absolute Gasteiger partial charge is 0.342 e. The lowest BCUT2D eigenvalue weighted by atomic mass is 10.1. The molecule has 9 nitrogen and oxygen atoms in total. The molecule has 3 aromatic rings. The van der Waals surface area contributed by atoms with E-state index in [0.29, 0.717) is 17.9 Å². The summed E-state index contributed by atoms with van der Waals surface area (Å²) in [6, 6.07) is 15.4. The number of amides is 1. The van der Waals surface area contributed by atoms with Gasteiger partial charge in [-0.3, -0.25) is 14.6 Å².